The number of aromatic nitrogens is 1. The van der Waals surface area contributed by atoms with Gasteiger partial charge in [-0.15, -0.1) is 0 Å². The summed E-state index contributed by atoms with van der Waals surface area (Å²) in [5.41, 5.74) is 3.75. The van der Waals surface area contributed by atoms with E-state index in [1.165, 1.54) is 17.8 Å². The molecule has 0 aliphatic heterocycles. The van der Waals surface area contributed by atoms with Crippen molar-refractivity contribution in [3.05, 3.63) is 58.9 Å². The number of hydrogen-bond donors (Lipinski definition) is 1. The largest absolute Gasteiger partial charge is 0.321 e. The molecule has 0 saturated carbocycles. The molecule has 4 heteroatoms. The summed E-state index contributed by atoms with van der Waals surface area (Å²) >= 11 is 0. The van der Waals surface area contributed by atoms with E-state index >= 15 is 0 Å². The number of aryl methyl sites for hydroxylation is 2. The Morgan fingerprint density at radius 3 is 2.58 bits per heavy atom. The van der Waals surface area contributed by atoms with E-state index in [1.807, 2.05) is 38.1 Å². The van der Waals surface area contributed by atoms with Gasteiger partial charge in [0.2, 0.25) is 0 Å². The molecule has 1 aromatic heterocycles. The van der Waals surface area contributed by atoms with Gasteiger partial charge in [-0.25, -0.2) is 4.98 Å². The van der Waals surface area contributed by atoms with Crippen molar-refractivity contribution in [2.75, 3.05) is 5.32 Å². The number of carbonyl (C=O) groups excluding carboxylic acids is 1. The molecule has 0 radical (unpaired) electrons. The van der Waals surface area contributed by atoms with Crippen LogP contribution in [0.2, 0.25) is 0 Å². The average molecular weight is 251 g/mol. The summed E-state index contributed by atoms with van der Waals surface area (Å²) in [7, 11) is 0. The number of pyridine rings is 1. The standard InChI is InChI=1S/C15H13N3O/c1-10-3-5-13(7-11(10)2)18-15(19)14-6-4-12(8-16)9-17-14/h3-7,9H,1-2H3,(H,18,19). The SMILES string of the molecule is Cc1ccc(NC(=O)c2ccc(C#N)cn2)cc1C. The molecule has 0 aliphatic carbocycles. The van der Waals surface area contributed by atoms with Crippen molar-refractivity contribution in [3.8, 4) is 6.07 Å². The van der Waals surface area contributed by atoms with E-state index in [4.69, 9.17) is 5.26 Å². The van der Waals surface area contributed by atoms with E-state index in [1.54, 1.807) is 6.07 Å². The molecule has 0 spiro atoms. The first kappa shape index (κ1) is 12.8. The average Bonchev–Trinajstić information content (AvgIpc) is 2.43. The highest BCUT2D eigenvalue weighted by molar-refractivity contribution is 6.02. The van der Waals surface area contributed by atoms with Crippen molar-refractivity contribution in [2.24, 2.45) is 0 Å². The third-order valence-electron chi connectivity index (χ3n) is 2.89. The Kier molecular flexibility index (Phi) is 3.58. The van der Waals surface area contributed by atoms with Crippen molar-refractivity contribution in [2.45, 2.75) is 13.8 Å². The van der Waals surface area contributed by atoms with Gasteiger partial charge in [-0.3, -0.25) is 4.79 Å². The fourth-order valence-electron chi connectivity index (χ4n) is 1.61. The first-order valence-electron chi connectivity index (χ1n) is 5.85. The minimum atomic E-state index is -0.284. The highest BCUT2D eigenvalue weighted by Crippen LogP contribution is 2.14. The number of carbonyl (C=O) groups is 1. The van der Waals surface area contributed by atoms with Crippen molar-refractivity contribution in [1.29, 1.82) is 5.26 Å². The van der Waals surface area contributed by atoms with E-state index in [0.29, 0.717) is 5.56 Å². The second-order valence-corrected chi connectivity index (χ2v) is 4.30. The monoisotopic (exact) mass is 251 g/mol. The van der Waals surface area contributed by atoms with E-state index in [2.05, 4.69) is 10.3 Å². The molecular weight excluding hydrogens is 238 g/mol. The van der Waals surface area contributed by atoms with Crippen LogP contribution in [0.1, 0.15) is 27.2 Å². The highest BCUT2D eigenvalue weighted by atomic mass is 16.1. The summed E-state index contributed by atoms with van der Waals surface area (Å²) < 4.78 is 0. The fourth-order valence-corrected chi connectivity index (χ4v) is 1.61. The number of nitriles is 1. The van der Waals surface area contributed by atoms with Gasteiger partial charge in [0.15, 0.2) is 0 Å². The summed E-state index contributed by atoms with van der Waals surface area (Å²) in [5, 5.41) is 11.4. The molecule has 1 aromatic carbocycles. The zero-order valence-electron chi connectivity index (χ0n) is 10.8. The molecule has 4 nitrogen and oxygen atoms in total. The lowest BCUT2D eigenvalue weighted by Gasteiger charge is -2.07. The van der Waals surface area contributed by atoms with Gasteiger partial charge in [0.1, 0.15) is 11.8 Å². The molecule has 0 unspecified atom stereocenters. The lowest BCUT2D eigenvalue weighted by Crippen LogP contribution is -2.13. The van der Waals surface area contributed by atoms with Gasteiger partial charge in [-0.05, 0) is 49.2 Å². The Morgan fingerprint density at radius 2 is 2.00 bits per heavy atom. The van der Waals surface area contributed by atoms with Crippen LogP contribution in [0.4, 0.5) is 5.69 Å². The predicted octanol–water partition coefficient (Wildman–Crippen LogP) is 2.82. The third-order valence-corrected chi connectivity index (χ3v) is 2.89. The molecule has 2 rings (SSSR count). The van der Waals surface area contributed by atoms with Crippen LogP contribution >= 0.6 is 0 Å². The van der Waals surface area contributed by atoms with Gasteiger partial charge >= 0.3 is 0 Å². The van der Waals surface area contributed by atoms with Crippen LogP contribution in [0.3, 0.4) is 0 Å². The zero-order chi connectivity index (χ0) is 13.8. The quantitative estimate of drug-likeness (QED) is 0.892. The van der Waals surface area contributed by atoms with E-state index in [-0.39, 0.29) is 11.6 Å². The van der Waals surface area contributed by atoms with Gasteiger partial charge in [-0.2, -0.15) is 5.26 Å². The molecule has 0 atom stereocenters. The van der Waals surface area contributed by atoms with Crippen LogP contribution in [-0.4, -0.2) is 10.9 Å². The Labute approximate surface area is 111 Å². The van der Waals surface area contributed by atoms with E-state index < -0.39 is 0 Å². The van der Waals surface area contributed by atoms with Gasteiger partial charge in [0.05, 0.1) is 5.56 Å². The molecule has 2 aromatic rings. The van der Waals surface area contributed by atoms with E-state index in [9.17, 15) is 4.79 Å². The predicted molar refractivity (Wildman–Crippen MR) is 72.8 cm³/mol. The van der Waals surface area contributed by atoms with Crippen molar-refractivity contribution in [1.82, 2.24) is 4.98 Å². The number of benzene rings is 1. The Bertz CT molecular complexity index is 654. The third kappa shape index (κ3) is 2.96. The molecular formula is C15H13N3O. The minimum absolute atomic E-state index is 0.284. The number of anilines is 1. The Hall–Kier alpha value is -2.67. The van der Waals surface area contributed by atoms with Crippen LogP contribution in [0, 0.1) is 25.2 Å². The van der Waals surface area contributed by atoms with Crippen LogP contribution in [0.15, 0.2) is 36.5 Å². The summed E-state index contributed by atoms with van der Waals surface area (Å²) in [6.07, 6.45) is 1.38. The molecule has 0 saturated heterocycles. The van der Waals surface area contributed by atoms with Gasteiger partial charge in [0, 0.05) is 11.9 Å². The number of rotatable bonds is 2. The van der Waals surface area contributed by atoms with Crippen LogP contribution in [0.5, 0.6) is 0 Å². The van der Waals surface area contributed by atoms with Gasteiger partial charge < -0.3 is 5.32 Å². The molecule has 1 amide bonds. The summed E-state index contributed by atoms with van der Waals surface area (Å²) in [6.45, 7) is 4.01. The maximum Gasteiger partial charge on any atom is 0.274 e. The van der Waals surface area contributed by atoms with Crippen molar-refractivity contribution < 1.29 is 4.79 Å². The van der Waals surface area contributed by atoms with Crippen LogP contribution in [0.25, 0.3) is 0 Å². The number of hydrogen-bond acceptors (Lipinski definition) is 3. The van der Waals surface area contributed by atoms with Gasteiger partial charge in [0.25, 0.3) is 5.91 Å². The van der Waals surface area contributed by atoms with E-state index in [0.717, 1.165) is 11.3 Å². The molecule has 0 aliphatic rings. The molecule has 0 bridgehead atoms. The highest BCUT2D eigenvalue weighted by Gasteiger charge is 2.08. The lowest BCUT2D eigenvalue weighted by molar-refractivity contribution is 0.102. The Balaban J connectivity index is 2.16. The second-order valence-electron chi connectivity index (χ2n) is 4.30. The van der Waals surface area contributed by atoms with Crippen molar-refractivity contribution in [3.63, 3.8) is 0 Å². The first-order valence-corrected chi connectivity index (χ1v) is 5.85. The summed E-state index contributed by atoms with van der Waals surface area (Å²) in [4.78, 5) is 15.9. The smallest absolute Gasteiger partial charge is 0.274 e. The number of amides is 1. The number of nitrogens with zero attached hydrogens (tertiary/aromatic N) is 2. The maximum atomic E-state index is 12.0. The summed E-state index contributed by atoms with van der Waals surface area (Å²) in [5.74, 6) is -0.284. The lowest BCUT2D eigenvalue weighted by atomic mass is 10.1. The zero-order valence-corrected chi connectivity index (χ0v) is 10.8. The number of nitrogens with one attached hydrogen (secondary N) is 1. The second kappa shape index (κ2) is 5.32. The van der Waals surface area contributed by atoms with Gasteiger partial charge in [-0.1, -0.05) is 6.07 Å². The fraction of sp³-hybridized carbons (Fsp3) is 0.133. The molecule has 1 N–H and O–H groups in total. The Morgan fingerprint density at radius 1 is 1.21 bits per heavy atom. The molecule has 0 fully saturated rings. The molecule has 1 heterocycles. The first-order chi connectivity index (χ1) is 9.10. The normalized spacial score (nSPS) is 9.74. The van der Waals surface area contributed by atoms with Crippen LogP contribution in [-0.2, 0) is 0 Å². The molecule has 94 valence electrons. The maximum absolute atomic E-state index is 12.0. The summed E-state index contributed by atoms with van der Waals surface area (Å²) in [6, 6.07) is 10.8. The minimum Gasteiger partial charge on any atom is -0.321 e. The van der Waals surface area contributed by atoms with Crippen molar-refractivity contribution >= 4 is 11.6 Å². The van der Waals surface area contributed by atoms with Crippen LogP contribution < -0.4 is 5.32 Å². The topological polar surface area (TPSA) is 65.8 Å². The molecule has 19 heavy (non-hydrogen) atoms.